The fourth-order valence-corrected chi connectivity index (χ4v) is 0.951. The molecule has 0 amide bonds. The lowest BCUT2D eigenvalue weighted by molar-refractivity contribution is 0.434. The number of hydrogen-bond donors (Lipinski definition) is 1. The van der Waals surface area contributed by atoms with E-state index in [4.69, 9.17) is 5.73 Å². The van der Waals surface area contributed by atoms with Gasteiger partial charge in [-0.3, -0.25) is 0 Å². The summed E-state index contributed by atoms with van der Waals surface area (Å²) in [4.78, 5) is 0. The van der Waals surface area contributed by atoms with Crippen LogP contribution in [0.2, 0.25) is 0 Å². The highest BCUT2D eigenvalue weighted by Crippen LogP contribution is 2.15. The summed E-state index contributed by atoms with van der Waals surface area (Å²) in [6.07, 6.45) is 1.79. The lowest BCUT2D eigenvalue weighted by Crippen LogP contribution is -2.42. The fraction of sp³-hybridized carbons (Fsp3) is 1.00. The van der Waals surface area contributed by atoms with Crippen molar-refractivity contribution in [1.82, 2.24) is 0 Å². The SMILES string of the molecule is CSCC[C@H](N)[B-](F)(F)F. The molecule has 0 aliphatic carbocycles. The third-order valence-corrected chi connectivity index (χ3v) is 1.78. The van der Waals surface area contributed by atoms with E-state index >= 15 is 0 Å². The lowest BCUT2D eigenvalue weighted by Gasteiger charge is -2.21. The first kappa shape index (κ1) is 10.2. The van der Waals surface area contributed by atoms with Gasteiger partial charge in [0.05, 0.1) is 0 Å². The van der Waals surface area contributed by atoms with Crippen molar-refractivity contribution in [3.63, 3.8) is 0 Å². The Bertz CT molecular complexity index is 97.0. The van der Waals surface area contributed by atoms with Crippen LogP contribution in [0.4, 0.5) is 12.9 Å². The van der Waals surface area contributed by atoms with Crippen LogP contribution in [0.1, 0.15) is 6.42 Å². The average molecular weight is 172 g/mol. The molecule has 0 aromatic carbocycles. The first-order valence-electron chi connectivity index (χ1n) is 2.93. The van der Waals surface area contributed by atoms with Gasteiger partial charge in [-0.25, -0.2) is 0 Å². The molecule has 0 spiro atoms. The van der Waals surface area contributed by atoms with Crippen LogP contribution in [0, 0.1) is 0 Å². The average Bonchev–Trinajstić information content (AvgIpc) is 1.80. The Morgan fingerprint density at radius 1 is 1.50 bits per heavy atom. The van der Waals surface area contributed by atoms with E-state index in [1.807, 2.05) is 0 Å². The zero-order valence-corrected chi connectivity index (χ0v) is 6.50. The molecule has 0 aromatic rings. The molecule has 0 saturated heterocycles. The van der Waals surface area contributed by atoms with Crippen molar-refractivity contribution in [1.29, 1.82) is 0 Å². The van der Waals surface area contributed by atoms with E-state index in [0.717, 1.165) is 0 Å². The van der Waals surface area contributed by atoms with Crippen molar-refractivity contribution >= 4 is 18.7 Å². The minimum atomic E-state index is -4.81. The fourth-order valence-electron chi connectivity index (χ4n) is 0.443. The Balaban J connectivity index is 3.52. The highest BCUT2D eigenvalue weighted by atomic mass is 32.2. The number of nitrogens with two attached hydrogens (primary N) is 1. The van der Waals surface area contributed by atoms with Gasteiger partial charge in [0.25, 0.3) is 0 Å². The van der Waals surface area contributed by atoms with E-state index in [9.17, 15) is 12.9 Å². The standard InChI is InChI=1S/C4H10BF3NS/c1-10-3-2-4(9)5(6,7)8/h4H,2-3,9H2,1H3/q-1/t4-/m0/s1. The number of rotatable bonds is 4. The molecule has 1 atom stereocenters. The largest absolute Gasteiger partial charge is 0.494 e. The van der Waals surface area contributed by atoms with E-state index < -0.39 is 12.9 Å². The molecule has 62 valence electrons. The Morgan fingerprint density at radius 3 is 2.30 bits per heavy atom. The maximum absolute atomic E-state index is 11.7. The van der Waals surface area contributed by atoms with Gasteiger partial charge in [-0.1, -0.05) is 6.42 Å². The first-order valence-corrected chi connectivity index (χ1v) is 4.32. The van der Waals surface area contributed by atoms with Crippen LogP contribution in [-0.4, -0.2) is 24.9 Å². The van der Waals surface area contributed by atoms with Gasteiger partial charge in [0, 0.05) is 0 Å². The van der Waals surface area contributed by atoms with Gasteiger partial charge >= 0.3 is 6.98 Å². The Kier molecular flexibility index (Phi) is 4.20. The van der Waals surface area contributed by atoms with Gasteiger partial charge in [-0.05, 0) is 17.9 Å². The third-order valence-electron chi connectivity index (χ3n) is 1.14. The molecule has 0 saturated carbocycles. The second-order valence-corrected chi connectivity index (χ2v) is 3.06. The van der Waals surface area contributed by atoms with Gasteiger partial charge in [0.15, 0.2) is 0 Å². The molecule has 0 radical (unpaired) electrons. The molecule has 0 rings (SSSR count). The van der Waals surface area contributed by atoms with Crippen molar-refractivity contribution < 1.29 is 12.9 Å². The van der Waals surface area contributed by atoms with Crippen LogP contribution in [0.5, 0.6) is 0 Å². The molecular formula is C4H10BF3NS-. The number of halogens is 3. The van der Waals surface area contributed by atoms with Crippen LogP contribution >= 0.6 is 11.8 Å². The summed E-state index contributed by atoms with van der Waals surface area (Å²) in [5, 5.41) is 0. The van der Waals surface area contributed by atoms with Crippen LogP contribution in [0.3, 0.4) is 0 Å². The van der Waals surface area contributed by atoms with Gasteiger partial charge in [-0.15, -0.1) is 0 Å². The molecule has 1 nitrogen and oxygen atoms in total. The van der Waals surface area contributed by atoms with Crippen LogP contribution < -0.4 is 5.73 Å². The molecule has 10 heavy (non-hydrogen) atoms. The summed E-state index contributed by atoms with van der Waals surface area (Å²) in [6, 6.07) is 0. The second kappa shape index (κ2) is 4.13. The smallest absolute Gasteiger partial charge is 0.448 e. The predicted octanol–water partition coefficient (Wildman–Crippen LogP) is 1.45. The quantitative estimate of drug-likeness (QED) is 0.649. The highest BCUT2D eigenvalue weighted by molar-refractivity contribution is 7.98. The maximum Gasteiger partial charge on any atom is 0.494 e. The normalized spacial score (nSPS) is 15.3. The van der Waals surface area contributed by atoms with Gasteiger partial charge in [-0.2, -0.15) is 11.8 Å². The lowest BCUT2D eigenvalue weighted by atomic mass is 9.79. The van der Waals surface area contributed by atoms with Crippen molar-refractivity contribution in [3.8, 4) is 0 Å². The van der Waals surface area contributed by atoms with E-state index in [-0.39, 0.29) is 6.42 Å². The molecule has 0 unspecified atom stereocenters. The van der Waals surface area contributed by atoms with E-state index in [2.05, 4.69) is 0 Å². The van der Waals surface area contributed by atoms with Crippen molar-refractivity contribution in [2.45, 2.75) is 12.4 Å². The molecular weight excluding hydrogens is 162 g/mol. The van der Waals surface area contributed by atoms with Crippen molar-refractivity contribution in [3.05, 3.63) is 0 Å². The number of thioether (sulfide) groups is 1. The molecule has 0 aliphatic heterocycles. The van der Waals surface area contributed by atoms with E-state index in [1.54, 1.807) is 6.26 Å². The topological polar surface area (TPSA) is 26.0 Å². The van der Waals surface area contributed by atoms with E-state index in [1.165, 1.54) is 11.8 Å². The summed E-state index contributed by atoms with van der Waals surface area (Å²) in [5.41, 5.74) is 4.83. The van der Waals surface area contributed by atoms with Gasteiger partial charge in [0.1, 0.15) is 0 Å². The summed E-state index contributed by atoms with van der Waals surface area (Å²) in [6.45, 7) is -4.81. The van der Waals surface area contributed by atoms with Crippen LogP contribution in [-0.2, 0) is 0 Å². The first-order chi connectivity index (χ1) is 4.48. The van der Waals surface area contributed by atoms with Gasteiger partial charge < -0.3 is 18.7 Å². The number of hydrogen-bond acceptors (Lipinski definition) is 2. The minimum Gasteiger partial charge on any atom is -0.448 e. The summed E-state index contributed by atoms with van der Waals surface area (Å²) in [5.74, 6) is -1.12. The Morgan fingerprint density at radius 2 is 2.00 bits per heavy atom. The summed E-state index contributed by atoms with van der Waals surface area (Å²) in [7, 11) is 0. The van der Waals surface area contributed by atoms with Crippen LogP contribution in [0.25, 0.3) is 0 Å². The van der Waals surface area contributed by atoms with Gasteiger partial charge in [0.2, 0.25) is 0 Å². The molecule has 0 bridgehead atoms. The molecule has 0 aromatic heterocycles. The Hall–Kier alpha value is 0.165. The highest BCUT2D eigenvalue weighted by Gasteiger charge is 2.30. The summed E-state index contributed by atoms with van der Waals surface area (Å²) < 4.78 is 35.1. The molecule has 2 N–H and O–H groups in total. The molecule has 0 heterocycles. The zero-order chi connectivity index (χ0) is 8.20. The van der Waals surface area contributed by atoms with Crippen molar-refractivity contribution in [2.24, 2.45) is 5.73 Å². The Labute approximate surface area is 62.6 Å². The molecule has 6 heteroatoms. The van der Waals surface area contributed by atoms with Crippen LogP contribution in [0.15, 0.2) is 0 Å². The predicted molar refractivity (Wildman–Crippen MR) is 40.1 cm³/mol. The second-order valence-electron chi connectivity index (χ2n) is 2.07. The van der Waals surface area contributed by atoms with E-state index in [0.29, 0.717) is 5.75 Å². The monoisotopic (exact) mass is 172 g/mol. The molecule has 0 aliphatic rings. The third kappa shape index (κ3) is 4.06. The maximum atomic E-state index is 11.7. The minimum absolute atomic E-state index is 0.0324. The molecule has 0 fully saturated rings. The summed E-state index contributed by atoms with van der Waals surface area (Å²) >= 11 is 1.38. The van der Waals surface area contributed by atoms with Crippen molar-refractivity contribution in [2.75, 3.05) is 12.0 Å². The zero-order valence-electron chi connectivity index (χ0n) is 5.69.